The highest BCUT2D eigenvalue weighted by atomic mass is 19.1. The second-order valence-corrected chi connectivity index (χ2v) is 6.52. The van der Waals surface area contributed by atoms with Gasteiger partial charge in [0.05, 0.1) is 6.26 Å². The Hall–Kier alpha value is -3.22. The van der Waals surface area contributed by atoms with E-state index in [1.165, 1.54) is 36.6 Å². The molecule has 1 aliphatic heterocycles. The van der Waals surface area contributed by atoms with Gasteiger partial charge in [-0.2, -0.15) is 0 Å². The molecule has 1 aromatic carbocycles. The SMILES string of the molecule is O=C(c1ccc(F)cc1)[C@H]1CCCN(C(=O)c2cc(-c3ccco3)on2)C1. The Labute approximate surface area is 154 Å². The van der Waals surface area contributed by atoms with Crippen molar-refractivity contribution in [3.05, 3.63) is 65.8 Å². The maximum atomic E-state index is 13.1. The Morgan fingerprint density at radius 2 is 1.96 bits per heavy atom. The zero-order chi connectivity index (χ0) is 18.8. The molecule has 6 nitrogen and oxygen atoms in total. The molecule has 3 aromatic rings. The molecule has 3 heterocycles. The summed E-state index contributed by atoms with van der Waals surface area (Å²) in [6.07, 6.45) is 2.92. The van der Waals surface area contributed by atoms with Gasteiger partial charge in [0.2, 0.25) is 5.76 Å². The molecule has 1 fully saturated rings. The molecule has 2 aromatic heterocycles. The first-order chi connectivity index (χ1) is 13.1. The number of furan rings is 1. The van der Waals surface area contributed by atoms with Gasteiger partial charge in [-0.25, -0.2) is 4.39 Å². The largest absolute Gasteiger partial charge is 0.461 e. The monoisotopic (exact) mass is 368 g/mol. The summed E-state index contributed by atoms with van der Waals surface area (Å²) >= 11 is 0. The average molecular weight is 368 g/mol. The number of halogens is 1. The van der Waals surface area contributed by atoms with Gasteiger partial charge < -0.3 is 13.8 Å². The molecule has 1 saturated heterocycles. The molecule has 0 N–H and O–H groups in total. The van der Waals surface area contributed by atoms with Crippen molar-refractivity contribution in [3.63, 3.8) is 0 Å². The summed E-state index contributed by atoms with van der Waals surface area (Å²) in [7, 11) is 0. The van der Waals surface area contributed by atoms with Crippen molar-refractivity contribution in [2.24, 2.45) is 5.92 Å². The van der Waals surface area contributed by atoms with Gasteiger partial charge in [-0.3, -0.25) is 9.59 Å². The highest BCUT2D eigenvalue weighted by Gasteiger charge is 2.31. The van der Waals surface area contributed by atoms with Crippen LogP contribution in [0.5, 0.6) is 0 Å². The van der Waals surface area contributed by atoms with Crippen LogP contribution in [-0.2, 0) is 0 Å². The molecule has 0 saturated carbocycles. The molecule has 0 aliphatic carbocycles. The first-order valence-electron chi connectivity index (χ1n) is 8.71. The van der Waals surface area contributed by atoms with Crippen LogP contribution in [0.3, 0.4) is 0 Å². The lowest BCUT2D eigenvalue weighted by atomic mass is 9.90. The van der Waals surface area contributed by atoms with E-state index in [0.717, 1.165) is 0 Å². The third kappa shape index (κ3) is 3.53. The highest BCUT2D eigenvalue weighted by Crippen LogP contribution is 2.25. The van der Waals surface area contributed by atoms with E-state index in [2.05, 4.69) is 5.16 Å². The van der Waals surface area contributed by atoms with Crippen LogP contribution in [0, 0.1) is 11.7 Å². The van der Waals surface area contributed by atoms with Gasteiger partial charge in [0, 0.05) is 30.6 Å². The molecule has 0 unspecified atom stereocenters. The van der Waals surface area contributed by atoms with Crippen molar-refractivity contribution in [2.75, 3.05) is 13.1 Å². The van der Waals surface area contributed by atoms with E-state index >= 15 is 0 Å². The number of nitrogens with zero attached hydrogens (tertiary/aromatic N) is 2. The molecule has 27 heavy (non-hydrogen) atoms. The van der Waals surface area contributed by atoms with Crippen molar-refractivity contribution in [1.82, 2.24) is 10.1 Å². The molecular weight excluding hydrogens is 351 g/mol. The number of piperidine rings is 1. The van der Waals surface area contributed by atoms with Crippen molar-refractivity contribution >= 4 is 11.7 Å². The maximum absolute atomic E-state index is 13.1. The van der Waals surface area contributed by atoms with Crippen LogP contribution in [-0.4, -0.2) is 34.8 Å². The summed E-state index contributed by atoms with van der Waals surface area (Å²) in [5.41, 5.74) is 0.633. The lowest BCUT2D eigenvalue weighted by molar-refractivity contribution is 0.0628. The van der Waals surface area contributed by atoms with E-state index in [-0.39, 0.29) is 29.1 Å². The summed E-state index contributed by atoms with van der Waals surface area (Å²) in [6, 6.07) is 10.5. The number of carbonyl (C=O) groups is 2. The van der Waals surface area contributed by atoms with Crippen LogP contribution in [0.2, 0.25) is 0 Å². The number of carbonyl (C=O) groups excluding carboxylic acids is 2. The van der Waals surface area contributed by atoms with E-state index in [9.17, 15) is 14.0 Å². The van der Waals surface area contributed by atoms with E-state index < -0.39 is 0 Å². The standard InChI is InChI=1S/C20H17FN2O4/c21-15-7-5-13(6-8-15)19(24)14-3-1-9-23(12-14)20(25)16-11-18(27-22-16)17-4-2-10-26-17/h2,4-8,10-11,14H,1,3,9,12H2/t14-/m0/s1. The first kappa shape index (κ1) is 17.2. The minimum Gasteiger partial charge on any atom is -0.461 e. The Bertz CT molecular complexity index is 947. The number of ketones is 1. The zero-order valence-electron chi connectivity index (χ0n) is 14.4. The smallest absolute Gasteiger partial charge is 0.276 e. The van der Waals surface area contributed by atoms with Gasteiger partial charge in [0.25, 0.3) is 5.91 Å². The first-order valence-corrected chi connectivity index (χ1v) is 8.71. The number of benzene rings is 1. The van der Waals surface area contributed by atoms with Gasteiger partial charge in [0.1, 0.15) is 5.82 Å². The van der Waals surface area contributed by atoms with E-state index in [4.69, 9.17) is 8.94 Å². The third-order valence-electron chi connectivity index (χ3n) is 4.70. The van der Waals surface area contributed by atoms with Crippen molar-refractivity contribution < 1.29 is 22.9 Å². The van der Waals surface area contributed by atoms with E-state index in [1.807, 2.05) is 0 Å². The lowest BCUT2D eigenvalue weighted by Gasteiger charge is -2.31. The fraction of sp³-hybridized carbons (Fsp3) is 0.250. The fourth-order valence-corrected chi connectivity index (χ4v) is 3.30. The number of rotatable bonds is 4. The number of likely N-dealkylation sites (tertiary alicyclic amines) is 1. The number of hydrogen-bond donors (Lipinski definition) is 0. The summed E-state index contributed by atoms with van der Waals surface area (Å²) in [5.74, 6) is -0.198. The molecule has 0 spiro atoms. The Morgan fingerprint density at radius 3 is 2.70 bits per heavy atom. The summed E-state index contributed by atoms with van der Waals surface area (Å²) in [5, 5.41) is 3.83. The topological polar surface area (TPSA) is 76.6 Å². The molecule has 1 aliphatic rings. The number of amides is 1. The quantitative estimate of drug-likeness (QED) is 0.655. The van der Waals surface area contributed by atoms with Gasteiger partial charge in [-0.15, -0.1) is 0 Å². The maximum Gasteiger partial charge on any atom is 0.276 e. The second kappa shape index (κ2) is 7.19. The molecule has 7 heteroatoms. The van der Waals surface area contributed by atoms with Gasteiger partial charge >= 0.3 is 0 Å². The summed E-state index contributed by atoms with van der Waals surface area (Å²) in [6.45, 7) is 0.854. The molecule has 4 rings (SSSR count). The van der Waals surface area contributed by atoms with Crippen LogP contribution in [0.4, 0.5) is 4.39 Å². The number of hydrogen-bond acceptors (Lipinski definition) is 5. The van der Waals surface area contributed by atoms with Crippen molar-refractivity contribution in [3.8, 4) is 11.5 Å². The molecule has 138 valence electrons. The van der Waals surface area contributed by atoms with Gasteiger partial charge in [-0.05, 0) is 49.2 Å². The second-order valence-electron chi connectivity index (χ2n) is 6.52. The predicted molar refractivity (Wildman–Crippen MR) is 93.6 cm³/mol. The molecular formula is C20H17FN2O4. The normalized spacial score (nSPS) is 17.1. The fourth-order valence-electron chi connectivity index (χ4n) is 3.30. The van der Waals surface area contributed by atoms with Crippen LogP contribution >= 0.6 is 0 Å². The van der Waals surface area contributed by atoms with E-state index in [0.29, 0.717) is 43.0 Å². The zero-order valence-corrected chi connectivity index (χ0v) is 14.4. The molecule has 0 bridgehead atoms. The molecule has 0 radical (unpaired) electrons. The predicted octanol–water partition coefficient (Wildman–Crippen LogP) is 3.81. The third-order valence-corrected chi connectivity index (χ3v) is 4.70. The lowest BCUT2D eigenvalue weighted by Crippen LogP contribution is -2.42. The van der Waals surface area contributed by atoms with Crippen LogP contribution in [0.1, 0.15) is 33.7 Å². The van der Waals surface area contributed by atoms with Crippen LogP contribution in [0.25, 0.3) is 11.5 Å². The minimum atomic E-state index is -0.384. The van der Waals surface area contributed by atoms with Gasteiger partial charge in [-0.1, -0.05) is 5.16 Å². The summed E-state index contributed by atoms with van der Waals surface area (Å²) in [4.78, 5) is 27.0. The summed E-state index contributed by atoms with van der Waals surface area (Å²) < 4.78 is 23.5. The molecule has 1 amide bonds. The van der Waals surface area contributed by atoms with Crippen LogP contribution < -0.4 is 0 Å². The Kier molecular flexibility index (Phi) is 4.58. The minimum absolute atomic E-state index is 0.0797. The van der Waals surface area contributed by atoms with Crippen molar-refractivity contribution in [2.45, 2.75) is 12.8 Å². The average Bonchev–Trinajstić information content (AvgIpc) is 3.39. The Morgan fingerprint density at radius 1 is 1.15 bits per heavy atom. The highest BCUT2D eigenvalue weighted by molar-refractivity contribution is 5.99. The van der Waals surface area contributed by atoms with Crippen molar-refractivity contribution in [1.29, 1.82) is 0 Å². The van der Waals surface area contributed by atoms with Crippen LogP contribution in [0.15, 0.2) is 57.7 Å². The molecule has 1 atom stereocenters. The van der Waals surface area contributed by atoms with Gasteiger partial charge in [0.15, 0.2) is 17.2 Å². The number of Topliss-reactive ketones (excluding diaryl/α,β-unsaturated/α-hetero) is 1. The van der Waals surface area contributed by atoms with E-state index in [1.54, 1.807) is 17.0 Å². The number of aromatic nitrogens is 1. The Balaban J connectivity index is 1.47.